The summed E-state index contributed by atoms with van der Waals surface area (Å²) in [6.45, 7) is 6.60. The Morgan fingerprint density at radius 1 is 0.907 bits per heavy atom. The maximum Gasteiger partial charge on any atom is 0.237 e. The molecule has 2 aromatic heterocycles. The van der Waals surface area contributed by atoms with Gasteiger partial charge in [0.05, 0.1) is 29.0 Å². The number of anilines is 2. The summed E-state index contributed by atoms with van der Waals surface area (Å²) in [5.74, 6) is 1.50. The van der Waals surface area contributed by atoms with Crippen molar-refractivity contribution in [2.75, 3.05) is 42.8 Å². The van der Waals surface area contributed by atoms with E-state index in [0.29, 0.717) is 35.6 Å². The van der Waals surface area contributed by atoms with Crippen LogP contribution in [0.4, 0.5) is 11.6 Å². The maximum absolute atomic E-state index is 6.97. The molecular formula is C33H34ClN7OS. The van der Waals surface area contributed by atoms with E-state index in [2.05, 4.69) is 63.9 Å². The minimum atomic E-state index is 0.443. The van der Waals surface area contributed by atoms with Crippen molar-refractivity contribution < 1.29 is 4.74 Å². The van der Waals surface area contributed by atoms with E-state index >= 15 is 0 Å². The Kier molecular flexibility index (Phi) is 9.12. The number of halogens is 1. The van der Waals surface area contributed by atoms with Crippen molar-refractivity contribution in [3.63, 3.8) is 0 Å². The van der Waals surface area contributed by atoms with Gasteiger partial charge in [-0.1, -0.05) is 85.3 Å². The minimum Gasteiger partial charge on any atom is -0.437 e. The van der Waals surface area contributed by atoms with Crippen molar-refractivity contribution in [2.45, 2.75) is 24.8 Å². The van der Waals surface area contributed by atoms with E-state index in [4.69, 9.17) is 26.3 Å². The van der Waals surface area contributed by atoms with Crippen LogP contribution < -0.4 is 14.4 Å². The lowest BCUT2D eigenvalue weighted by Crippen LogP contribution is -2.44. The molecule has 43 heavy (non-hydrogen) atoms. The van der Waals surface area contributed by atoms with Crippen LogP contribution in [-0.2, 0) is 13.0 Å². The lowest BCUT2D eigenvalue weighted by Gasteiger charge is -2.34. The van der Waals surface area contributed by atoms with Gasteiger partial charge in [-0.3, -0.25) is 9.40 Å². The topological polar surface area (TPSA) is 71.3 Å². The molecule has 1 saturated heterocycles. The Morgan fingerprint density at radius 2 is 1.65 bits per heavy atom. The first kappa shape index (κ1) is 29.0. The van der Waals surface area contributed by atoms with Gasteiger partial charge in [0.15, 0.2) is 0 Å². The highest BCUT2D eigenvalue weighted by atomic mass is 35.5. The summed E-state index contributed by atoms with van der Waals surface area (Å²) >= 11 is 8.38. The van der Waals surface area contributed by atoms with Crippen LogP contribution >= 0.6 is 23.5 Å². The molecule has 0 aliphatic carbocycles. The van der Waals surface area contributed by atoms with Gasteiger partial charge in [0.2, 0.25) is 11.8 Å². The smallest absolute Gasteiger partial charge is 0.237 e. The van der Waals surface area contributed by atoms with Gasteiger partial charge in [-0.25, -0.2) is 4.98 Å². The molecule has 0 unspecified atom stereocenters. The van der Waals surface area contributed by atoms with Gasteiger partial charge in [0.25, 0.3) is 0 Å². The number of likely N-dealkylation sites (N-methyl/N-ethyl adjacent to an activating group) is 1. The lowest BCUT2D eigenvalue weighted by molar-refractivity contribution is 0.313. The third-order valence-corrected chi connectivity index (χ3v) is 8.53. The second-order valence-electron chi connectivity index (χ2n) is 10.4. The van der Waals surface area contributed by atoms with E-state index in [0.717, 1.165) is 53.6 Å². The summed E-state index contributed by atoms with van der Waals surface area (Å²) in [7, 11) is 2.14. The largest absolute Gasteiger partial charge is 0.437 e. The zero-order valence-electron chi connectivity index (χ0n) is 24.3. The summed E-state index contributed by atoms with van der Waals surface area (Å²) in [5.41, 5.74) is 4.90. The predicted octanol–water partition coefficient (Wildman–Crippen LogP) is 7.27. The normalized spacial score (nSPS) is 13.7. The molecule has 8 nitrogen and oxygen atoms in total. The lowest BCUT2D eigenvalue weighted by atomic mass is 10.1. The van der Waals surface area contributed by atoms with Gasteiger partial charge in [0, 0.05) is 43.5 Å². The highest BCUT2D eigenvalue weighted by Gasteiger charge is 2.22. The van der Waals surface area contributed by atoms with Crippen LogP contribution in [0.1, 0.15) is 18.1 Å². The van der Waals surface area contributed by atoms with Crippen molar-refractivity contribution in [1.29, 1.82) is 0 Å². The number of piperazine rings is 1. The molecule has 3 heterocycles. The Labute approximate surface area is 261 Å². The summed E-state index contributed by atoms with van der Waals surface area (Å²) in [4.78, 5) is 15.4. The molecule has 0 atom stereocenters. The standard InChI is InChI=1S/C33H34ClN7OS/c1-3-27-31(25-13-8-5-9-14-25)36-33(38-43-26-21-35-41(23-26)22-24-11-6-4-7-12-24)37-32(27)42-29-16-10-15-28(30(29)34)40-19-17-39(2)18-20-40/h4-16,21,23H,3,17-20,22H2,1-2H3,(H,36,37,38). The van der Waals surface area contributed by atoms with E-state index < -0.39 is 0 Å². The first-order valence-corrected chi connectivity index (χ1v) is 15.6. The van der Waals surface area contributed by atoms with Crippen molar-refractivity contribution in [3.05, 3.63) is 107 Å². The molecule has 0 radical (unpaired) electrons. The average Bonchev–Trinajstić information content (AvgIpc) is 3.49. The van der Waals surface area contributed by atoms with Gasteiger partial charge in [-0.2, -0.15) is 10.1 Å². The molecule has 0 bridgehead atoms. The van der Waals surface area contributed by atoms with E-state index in [9.17, 15) is 0 Å². The molecule has 220 valence electrons. The van der Waals surface area contributed by atoms with Crippen LogP contribution in [0.25, 0.3) is 11.3 Å². The van der Waals surface area contributed by atoms with Crippen LogP contribution in [-0.4, -0.2) is 57.9 Å². The number of benzene rings is 3. The first-order valence-electron chi connectivity index (χ1n) is 14.4. The zero-order valence-corrected chi connectivity index (χ0v) is 25.9. The number of ether oxygens (including phenoxy) is 1. The minimum absolute atomic E-state index is 0.443. The highest BCUT2D eigenvalue weighted by molar-refractivity contribution is 8.00. The number of aromatic nitrogens is 4. The van der Waals surface area contributed by atoms with Crippen molar-refractivity contribution in [3.8, 4) is 22.9 Å². The van der Waals surface area contributed by atoms with Crippen LogP contribution in [0.15, 0.2) is 96.2 Å². The Morgan fingerprint density at radius 3 is 2.40 bits per heavy atom. The Bertz CT molecular complexity index is 1660. The maximum atomic E-state index is 6.97. The molecule has 5 aromatic rings. The number of nitrogens with zero attached hydrogens (tertiary/aromatic N) is 6. The quantitative estimate of drug-likeness (QED) is 0.165. The molecule has 1 aliphatic rings. The predicted molar refractivity (Wildman–Crippen MR) is 175 cm³/mol. The fourth-order valence-electron chi connectivity index (χ4n) is 5.08. The summed E-state index contributed by atoms with van der Waals surface area (Å²) in [6.07, 6.45) is 4.53. The van der Waals surface area contributed by atoms with E-state index in [1.807, 2.05) is 65.6 Å². The number of hydrogen-bond donors (Lipinski definition) is 1. The Balaban J connectivity index is 1.28. The average molecular weight is 612 g/mol. The second kappa shape index (κ2) is 13.5. The molecule has 1 N–H and O–H groups in total. The first-order chi connectivity index (χ1) is 21.1. The third-order valence-electron chi connectivity index (χ3n) is 7.42. The van der Waals surface area contributed by atoms with Gasteiger partial charge in [0.1, 0.15) is 10.8 Å². The van der Waals surface area contributed by atoms with Gasteiger partial charge in [-0.15, -0.1) is 0 Å². The molecule has 3 aromatic carbocycles. The molecule has 1 fully saturated rings. The van der Waals surface area contributed by atoms with E-state index in [-0.39, 0.29) is 0 Å². The van der Waals surface area contributed by atoms with Crippen molar-refractivity contribution in [1.82, 2.24) is 24.6 Å². The van der Waals surface area contributed by atoms with Gasteiger partial charge < -0.3 is 14.5 Å². The van der Waals surface area contributed by atoms with Crippen LogP contribution in [0, 0.1) is 0 Å². The summed E-state index contributed by atoms with van der Waals surface area (Å²) < 4.78 is 11.8. The molecule has 10 heteroatoms. The molecule has 0 spiro atoms. The summed E-state index contributed by atoms with van der Waals surface area (Å²) in [6, 6.07) is 26.3. The number of nitrogens with one attached hydrogen (secondary N) is 1. The van der Waals surface area contributed by atoms with Crippen LogP contribution in [0.3, 0.4) is 0 Å². The van der Waals surface area contributed by atoms with Crippen molar-refractivity contribution >= 4 is 35.2 Å². The molecule has 1 aliphatic heterocycles. The van der Waals surface area contributed by atoms with Crippen LogP contribution in [0.2, 0.25) is 5.02 Å². The molecule has 0 amide bonds. The van der Waals surface area contributed by atoms with E-state index in [1.165, 1.54) is 17.5 Å². The molecule has 0 saturated carbocycles. The number of hydrogen-bond acceptors (Lipinski definition) is 8. The SMILES string of the molecule is CCc1c(Oc2cccc(N3CCN(C)CC3)c2Cl)nc(NSc2cnn(Cc3ccccc3)c2)nc1-c1ccccc1. The second-order valence-corrected chi connectivity index (χ2v) is 11.7. The van der Waals surface area contributed by atoms with Gasteiger partial charge in [-0.05, 0) is 43.1 Å². The van der Waals surface area contributed by atoms with E-state index in [1.54, 1.807) is 0 Å². The zero-order chi connectivity index (χ0) is 29.6. The highest BCUT2D eigenvalue weighted by Crippen LogP contribution is 2.40. The number of rotatable bonds is 10. The van der Waals surface area contributed by atoms with Crippen LogP contribution in [0.5, 0.6) is 11.6 Å². The fourth-order valence-corrected chi connectivity index (χ4v) is 5.94. The molecule has 6 rings (SSSR count). The molecular weight excluding hydrogens is 578 g/mol. The fraction of sp³-hybridized carbons (Fsp3) is 0.242. The third kappa shape index (κ3) is 6.96. The monoisotopic (exact) mass is 611 g/mol. The van der Waals surface area contributed by atoms with Crippen molar-refractivity contribution in [2.24, 2.45) is 0 Å². The Hall–Kier alpha value is -4.05. The van der Waals surface area contributed by atoms with Gasteiger partial charge >= 0.3 is 0 Å². The summed E-state index contributed by atoms with van der Waals surface area (Å²) in [5, 5.41) is 5.11.